The summed E-state index contributed by atoms with van der Waals surface area (Å²) in [4.78, 5) is 12.1. The third kappa shape index (κ3) is 1.94. The van der Waals surface area contributed by atoms with Crippen molar-refractivity contribution in [3.05, 3.63) is 11.5 Å². The Morgan fingerprint density at radius 3 is 2.89 bits per heavy atom. The molecule has 1 saturated carbocycles. The number of rotatable bonds is 4. The van der Waals surface area contributed by atoms with E-state index < -0.39 is 0 Å². The van der Waals surface area contributed by atoms with Gasteiger partial charge in [0.15, 0.2) is 10.8 Å². The highest BCUT2D eigenvalue weighted by atomic mass is 35.5. The minimum atomic E-state index is -0.299. The molecule has 0 bridgehead atoms. The minimum absolute atomic E-state index is 0.0192. The van der Waals surface area contributed by atoms with E-state index in [1.54, 1.807) is 6.33 Å². The highest BCUT2D eigenvalue weighted by Crippen LogP contribution is 2.53. The van der Waals surface area contributed by atoms with Crippen LogP contribution in [0.15, 0.2) is 6.33 Å². The number of nitrogens with two attached hydrogens (primary N) is 1. The topological polar surface area (TPSA) is 110 Å². The van der Waals surface area contributed by atoms with Gasteiger partial charge in [0.05, 0.1) is 12.9 Å². The Kier molecular flexibility index (Phi) is 2.84. The molecule has 8 heteroatoms. The normalized spacial score (nSPS) is 25.9. The maximum absolute atomic E-state index is 9.51. The van der Waals surface area contributed by atoms with Crippen LogP contribution in [0.3, 0.4) is 0 Å². The highest BCUT2D eigenvalue weighted by molar-refractivity contribution is 6.33. The van der Waals surface area contributed by atoms with Crippen LogP contribution in [0.25, 0.3) is 11.2 Å². The van der Waals surface area contributed by atoms with Gasteiger partial charge in [0.2, 0.25) is 5.95 Å². The first-order valence-corrected chi connectivity index (χ1v) is 6.33. The van der Waals surface area contributed by atoms with Crippen LogP contribution in [0.5, 0.6) is 0 Å². The summed E-state index contributed by atoms with van der Waals surface area (Å²) in [7, 11) is 0. The highest BCUT2D eigenvalue weighted by Gasteiger charge is 2.53. The molecule has 2 atom stereocenters. The maximum atomic E-state index is 9.51. The molecule has 0 radical (unpaired) electrons. The van der Waals surface area contributed by atoms with Gasteiger partial charge in [-0.3, -0.25) is 0 Å². The average Bonchev–Trinajstić information content (AvgIpc) is 2.94. The lowest BCUT2D eigenvalue weighted by atomic mass is 10.1. The van der Waals surface area contributed by atoms with Crippen LogP contribution < -0.4 is 5.73 Å². The van der Waals surface area contributed by atoms with E-state index >= 15 is 0 Å². The summed E-state index contributed by atoms with van der Waals surface area (Å²) in [6.45, 7) is 0.619. The SMILES string of the molecule is Nc1nc(Cl)c2c(ncn2C[C@]2(CO)CC2CO)n1. The van der Waals surface area contributed by atoms with Crippen LogP contribution in [-0.4, -0.2) is 42.9 Å². The van der Waals surface area contributed by atoms with Gasteiger partial charge in [0.25, 0.3) is 0 Å². The second-order valence-electron chi connectivity index (χ2n) is 5.02. The average molecular weight is 284 g/mol. The summed E-state index contributed by atoms with van der Waals surface area (Å²) in [6.07, 6.45) is 2.39. The van der Waals surface area contributed by atoms with Crippen molar-refractivity contribution in [2.75, 3.05) is 18.9 Å². The zero-order valence-electron chi connectivity index (χ0n) is 10.1. The second-order valence-corrected chi connectivity index (χ2v) is 5.38. The molecular formula is C11H14ClN5O2. The summed E-state index contributed by atoms with van der Waals surface area (Å²) >= 11 is 6.07. The van der Waals surface area contributed by atoms with Gasteiger partial charge in [-0.05, 0) is 12.3 Å². The van der Waals surface area contributed by atoms with E-state index in [4.69, 9.17) is 17.3 Å². The van der Waals surface area contributed by atoms with E-state index in [1.165, 1.54) is 0 Å². The van der Waals surface area contributed by atoms with E-state index in [9.17, 15) is 10.2 Å². The molecule has 1 aliphatic rings. The molecule has 2 aromatic rings. The number of aromatic nitrogens is 4. The number of hydrogen-bond acceptors (Lipinski definition) is 6. The summed E-state index contributed by atoms with van der Waals surface area (Å²) in [6, 6.07) is 0. The number of nitrogen functional groups attached to an aromatic ring is 1. The molecule has 0 saturated heterocycles. The number of nitrogens with zero attached hydrogens (tertiary/aromatic N) is 4. The number of anilines is 1. The van der Waals surface area contributed by atoms with Crippen molar-refractivity contribution >= 4 is 28.7 Å². The van der Waals surface area contributed by atoms with Crippen LogP contribution in [0.4, 0.5) is 5.95 Å². The van der Waals surface area contributed by atoms with E-state index in [0.717, 1.165) is 6.42 Å². The van der Waals surface area contributed by atoms with Crippen molar-refractivity contribution < 1.29 is 10.2 Å². The third-order valence-corrected chi connectivity index (χ3v) is 4.09. The van der Waals surface area contributed by atoms with Gasteiger partial charge < -0.3 is 20.5 Å². The van der Waals surface area contributed by atoms with E-state index in [1.807, 2.05) is 4.57 Å². The molecule has 0 amide bonds. The first-order valence-electron chi connectivity index (χ1n) is 5.95. The van der Waals surface area contributed by atoms with Crippen LogP contribution in [0.1, 0.15) is 6.42 Å². The summed E-state index contributed by atoms with van der Waals surface area (Å²) in [5, 5.41) is 19.0. The molecule has 1 aliphatic carbocycles. The Balaban J connectivity index is 1.98. The fourth-order valence-electron chi connectivity index (χ4n) is 2.54. The maximum Gasteiger partial charge on any atom is 0.223 e. The van der Waals surface area contributed by atoms with Crippen molar-refractivity contribution in [3.8, 4) is 0 Å². The first kappa shape index (κ1) is 12.6. The lowest BCUT2D eigenvalue weighted by molar-refractivity contribution is 0.159. The molecule has 2 aromatic heterocycles. The molecule has 102 valence electrons. The van der Waals surface area contributed by atoms with E-state index in [2.05, 4.69) is 15.0 Å². The van der Waals surface area contributed by atoms with Crippen molar-refractivity contribution in [1.29, 1.82) is 0 Å². The van der Waals surface area contributed by atoms with Gasteiger partial charge in [-0.15, -0.1) is 0 Å². The minimum Gasteiger partial charge on any atom is -0.396 e. The number of imidazole rings is 1. The van der Waals surface area contributed by atoms with Gasteiger partial charge in [-0.25, -0.2) is 4.98 Å². The Morgan fingerprint density at radius 1 is 1.47 bits per heavy atom. The van der Waals surface area contributed by atoms with Gasteiger partial charge in [-0.1, -0.05) is 11.6 Å². The monoisotopic (exact) mass is 283 g/mol. The smallest absolute Gasteiger partial charge is 0.223 e. The number of aliphatic hydroxyl groups is 2. The predicted molar refractivity (Wildman–Crippen MR) is 69.5 cm³/mol. The van der Waals surface area contributed by atoms with Crippen LogP contribution in [0.2, 0.25) is 5.15 Å². The predicted octanol–water partition coefficient (Wildman–Crippen LogP) is 0.0528. The second kappa shape index (κ2) is 4.29. The fourth-order valence-corrected chi connectivity index (χ4v) is 2.82. The molecule has 2 heterocycles. The summed E-state index contributed by atoms with van der Waals surface area (Å²) in [5.41, 5.74) is 6.26. The zero-order valence-corrected chi connectivity index (χ0v) is 10.9. The lowest BCUT2D eigenvalue weighted by Crippen LogP contribution is -2.19. The van der Waals surface area contributed by atoms with Crippen LogP contribution in [0, 0.1) is 11.3 Å². The largest absolute Gasteiger partial charge is 0.396 e. The molecule has 19 heavy (non-hydrogen) atoms. The lowest BCUT2D eigenvalue weighted by Gasteiger charge is -2.15. The van der Waals surface area contributed by atoms with Crippen LogP contribution >= 0.6 is 11.6 Å². The summed E-state index contributed by atoms with van der Waals surface area (Å²) < 4.78 is 1.81. The van der Waals surface area contributed by atoms with Crippen molar-refractivity contribution in [3.63, 3.8) is 0 Å². The summed E-state index contributed by atoms with van der Waals surface area (Å²) in [5.74, 6) is 0.197. The Morgan fingerprint density at radius 2 is 2.26 bits per heavy atom. The zero-order chi connectivity index (χ0) is 13.6. The van der Waals surface area contributed by atoms with Crippen molar-refractivity contribution in [2.24, 2.45) is 11.3 Å². The molecule has 3 rings (SSSR count). The Labute approximate surface area is 114 Å². The number of halogens is 1. The quantitative estimate of drug-likeness (QED) is 0.684. The number of fused-ring (bicyclic) bond motifs is 1. The van der Waals surface area contributed by atoms with Gasteiger partial charge in [0.1, 0.15) is 5.52 Å². The Bertz CT molecular complexity index is 631. The van der Waals surface area contributed by atoms with E-state index in [0.29, 0.717) is 17.7 Å². The molecule has 1 unspecified atom stereocenters. The molecule has 0 aliphatic heterocycles. The van der Waals surface area contributed by atoms with Gasteiger partial charge in [0, 0.05) is 18.6 Å². The number of hydrogen-bond donors (Lipinski definition) is 3. The van der Waals surface area contributed by atoms with E-state index in [-0.39, 0.29) is 35.6 Å². The molecule has 0 spiro atoms. The fraction of sp³-hybridized carbons (Fsp3) is 0.545. The Hall–Kier alpha value is -1.44. The van der Waals surface area contributed by atoms with Gasteiger partial charge >= 0.3 is 0 Å². The van der Waals surface area contributed by atoms with Crippen LogP contribution in [-0.2, 0) is 6.54 Å². The first-order chi connectivity index (χ1) is 9.09. The van der Waals surface area contributed by atoms with Gasteiger partial charge in [-0.2, -0.15) is 9.97 Å². The standard InChI is InChI=1S/C11H14ClN5O2/c12-8-7-9(16-10(13)15-8)14-5-17(7)3-11(4-19)1-6(11)2-18/h5-6,18-19H,1-4H2,(H2,13,15,16)/t6?,11-/m0/s1. The molecule has 0 aromatic carbocycles. The number of aliphatic hydroxyl groups excluding tert-OH is 2. The molecular weight excluding hydrogens is 270 g/mol. The molecule has 1 fully saturated rings. The van der Waals surface area contributed by atoms with Crippen molar-refractivity contribution in [1.82, 2.24) is 19.5 Å². The molecule has 4 N–H and O–H groups in total. The molecule has 7 nitrogen and oxygen atoms in total. The van der Waals surface area contributed by atoms with Crippen molar-refractivity contribution in [2.45, 2.75) is 13.0 Å². The third-order valence-electron chi connectivity index (χ3n) is 3.83.